The Morgan fingerprint density at radius 1 is 1.00 bits per heavy atom. The van der Waals surface area contributed by atoms with Crippen LogP contribution in [-0.4, -0.2) is 39.3 Å². The van der Waals surface area contributed by atoms with E-state index in [0.717, 1.165) is 0 Å². The molecule has 14 heteroatoms. The third kappa shape index (κ3) is 3.78. The SMILES string of the molecule is Nc1n[nH]c(N)c1N=Nc1c(C2=NC[NH+]([O-])C[NH+]2[O-])cccc1-c1nc2ccccc2[nH]c1=O. The summed E-state index contributed by atoms with van der Waals surface area (Å²) in [6, 6.07) is 12.0. The fourth-order valence-electron chi connectivity index (χ4n) is 3.62. The van der Waals surface area contributed by atoms with Gasteiger partial charge < -0.3 is 31.9 Å². The summed E-state index contributed by atoms with van der Waals surface area (Å²) < 4.78 is 0. The van der Waals surface area contributed by atoms with Crippen LogP contribution < -0.4 is 27.2 Å². The van der Waals surface area contributed by atoms with Gasteiger partial charge in [0.25, 0.3) is 5.56 Å². The van der Waals surface area contributed by atoms with Crippen molar-refractivity contribution in [2.24, 2.45) is 15.2 Å². The second kappa shape index (κ2) is 8.45. The molecule has 4 aromatic rings. The minimum atomic E-state index is -0.457. The predicted octanol–water partition coefficient (Wildman–Crippen LogP) is -0.666. The lowest BCUT2D eigenvalue weighted by molar-refractivity contribution is -1.01. The maximum Gasteiger partial charge on any atom is 0.275 e. The van der Waals surface area contributed by atoms with Gasteiger partial charge in [-0.3, -0.25) is 15.0 Å². The molecule has 0 amide bonds. The van der Waals surface area contributed by atoms with E-state index in [2.05, 4.69) is 35.4 Å². The maximum absolute atomic E-state index is 12.9. The number of azo groups is 1. The topological polar surface area (TPSA) is 219 Å². The van der Waals surface area contributed by atoms with Gasteiger partial charge in [-0.15, -0.1) is 10.2 Å². The lowest BCUT2D eigenvalue weighted by Gasteiger charge is -2.32. The molecule has 2 aromatic carbocycles. The number of hydroxylamine groups is 4. The molecule has 0 bridgehead atoms. The zero-order valence-corrected chi connectivity index (χ0v) is 17.6. The van der Waals surface area contributed by atoms with Crippen LogP contribution in [0.5, 0.6) is 0 Å². The van der Waals surface area contributed by atoms with Crippen molar-refractivity contribution in [3.8, 4) is 11.3 Å². The summed E-state index contributed by atoms with van der Waals surface area (Å²) >= 11 is 0. The zero-order valence-electron chi connectivity index (χ0n) is 17.6. The Kier molecular flexibility index (Phi) is 5.31. The molecular formula is C20H19N11O3. The molecule has 2 atom stereocenters. The zero-order chi connectivity index (χ0) is 23.8. The van der Waals surface area contributed by atoms with E-state index in [1.54, 1.807) is 42.5 Å². The van der Waals surface area contributed by atoms with Gasteiger partial charge in [0.05, 0.1) is 16.6 Å². The van der Waals surface area contributed by atoms with Gasteiger partial charge in [-0.1, -0.05) is 24.3 Å². The number of hydrogen-bond donors (Lipinski definition) is 6. The van der Waals surface area contributed by atoms with Gasteiger partial charge in [-0.05, 0) is 18.2 Å². The first-order valence-corrected chi connectivity index (χ1v) is 10.2. The molecule has 14 nitrogen and oxygen atoms in total. The van der Waals surface area contributed by atoms with E-state index in [-0.39, 0.29) is 52.9 Å². The lowest BCUT2D eigenvalue weighted by Crippen LogP contribution is -3.30. The molecular weight excluding hydrogens is 442 g/mol. The van der Waals surface area contributed by atoms with Gasteiger partial charge >= 0.3 is 0 Å². The Hall–Kier alpha value is -4.50. The van der Waals surface area contributed by atoms with Gasteiger partial charge in [0.15, 0.2) is 18.2 Å². The van der Waals surface area contributed by atoms with E-state index in [0.29, 0.717) is 22.2 Å². The molecule has 0 fully saturated rings. The van der Waals surface area contributed by atoms with Gasteiger partial charge in [0.2, 0.25) is 12.5 Å². The molecule has 2 unspecified atom stereocenters. The van der Waals surface area contributed by atoms with Crippen molar-refractivity contribution in [1.82, 2.24) is 20.2 Å². The first kappa shape index (κ1) is 21.4. The molecule has 8 N–H and O–H groups in total. The molecule has 5 rings (SSSR count). The third-order valence-corrected chi connectivity index (χ3v) is 5.23. The largest absolute Gasteiger partial charge is 0.629 e. The molecule has 0 spiro atoms. The summed E-state index contributed by atoms with van der Waals surface area (Å²) in [6.45, 7) is -0.394. The number of nitrogens with one attached hydrogen (secondary N) is 4. The summed E-state index contributed by atoms with van der Waals surface area (Å²) in [4.78, 5) is 24.4. The highest BCUT2D eigenvalue weighted by atomic mass is 16.5. The molecule has 0 saturated heterocycles. The van der Waals surface area contributed by atoms with Gasteiger partial charge in [0.1, 0.15) is 17.2 Å². The standard InChI is InChI=1S/C20H19N11O3/c21-17-16(18(22)29-28-17)27-26-14-10(15-20(32)25-13-7-2-1-6-12(13)24-15)4-3-5-11(14)19-23-8-30(33)9-31(19)34/h1-7,30-31H,8-9H2,(H,25,32)(H5,21,22,28,29). The van der Waals surface area contributed by atoms with E-state index in [1.165, 1.54) is 0 Å². The van der Waals surface area contributed by atoms with Crippen molar-refractivity contribution < 1.29 is 10.1 Å². The Bertz CT molecular complexity index is 1490. The van der Waals surface area contributed by atoms with Gasteiger partial charge in [-0.2, -0.15) is 10.1 Å². The number of amidine groups is 1. The number of nitrogen functional groups attached to an aromatic ring is 2. The number of aromatic nitrogens is 4. The first-order valence-electron chi connectivity index (χ1n) is 10.2. The van der Waals surface area contributed by atoms with Crippen molar-refractivity contribution in [3.05, 3.63) is 68.8 Å². The minimum Gasteiger partial charge on any atom is -0.629 e. The molecule has 0 radical (unpaired) electrons. The number of fused-ring (bicyclic) bond motifs is 1. The molecule has 0 saturated carbocycles. The third-order valence-electron chi connectivity index (χ3n) is 5.23. The van der Waals surface area contributed by atoms with E-state index in [9.17, 15) is 15.2 Å². The number of nitrogens with two attached hydrogens (primary N) is 2. The average Bonchev–Trinajstić information content (AvgIpc) is 3.14. The summed E-state index contributed by atoms with van der Waals surface area (Å²) in [5.41, 5.74) is 13.2. The maximum atomic E-state index is 12.9. The number of benzene rings is 2. The first-order chi connectivity index (χ1) is 16.4. The molecule has 0 aliphatic carbocycles. The Morgan fingerprint density at radius 3 is 2.53 bits per heavy atom. The lowest BCUT2D eigenvalue weighted by atomic mass is 10.0. The van der Waals surface area contributed by atoms with E-state index in [4.69, 9.17) is 11.5 Å². The Morgan fingerprint density at radius 2 is 1.76 bits per heavy atom. The fourth-order valence-corrected chi connectivity index (χ4v) is 3.62. The van der Waals surface area contributed by atoms with E-state index < -0.39 is 10.6 Å². The molecule has 172 valence electrons. The second-order valence-corrected chi connectivity index (χ2v) is 7.51. The van der Waals surface area contributed by atoms with Crippen LogP contribution in [-0.2, 0) is 0 Å². The number of H-pyrrole nitrogens is 2. The normalized spacial score (nSPS) is 18.5. The van der Waals surface area contributed by atoms with E-state index in [1.807, 2.05) is 0 Å². The summed E-state index contributed by atoms with van der Waals surface area (Å²) in [5.74, 6) is 0.193. The highest BCUT2D eigenvalue weighted by Gasteiger charge is 2.26. The van der Waals surface area contributed by atoms with Crippen LogP contribution >= 0.6 is 0 Å². The number of hydrogen-bond acceptors (Lipinski definition) is 10. The van der Waals surface area contributed by atoms with Crippen LogP contribution in [0.25, 0.3) is 22.3 Å². The van der Waals surface area contributed by atoms with Crippen molar-refractivity contribution in [3.63, 3.8) is 0 Å². The molecule has 3 heterocycles. The predicted molar refractivity (Wildman–Crippen MR) is 124 cm³/mol. The van der Waals surface area contributed by atoms with Crippen LogP contribution in [0, 0.1) is 10.4 Å². The van der Waals surface area contributed by atoms with E-state index >= 15 is 0 Å². The highest BCUT2D eigenvalue weighted by molar-refractivity contribution is 6.01. The van der Waals surface area contributed by atoms with Crippen molar-refractivity contribution in [2.45, 2.75) is 0 Å². The van der Waals surface area contributed by atoms with Crippen molar-refractivity contribution in [2.75, 3.05) is 24.8 Å². The van der Waals surface area contributed by atoms with Gasteiger partial charge in [0, 0.05) is 5.56 Å². The van der Waals surface area contributed by atoms with Crippen LogP contribution in [0.3, 0.4) is 0 Å². The number of aromatic amines is 2. The number of para-hydroxylation sites is 2. The number of nitrogens with zero attached hydrogens (tertiary/aromatic N) is 5. The fraction of sp³-hybridized carbons (Fsp3) is 0.100. The summed E-state index contributed by atoms with van der Waals surface area (Å²) in [7, 11) is 0. The molecule has 1 aliphatic rings. The smallest absolute Gasteiger partial charge is 0.275 e. The molecule has 1 aliphatic heterocycles. The second-order valence-electron chi connectivity index (χ2n) is 7.51. The highest BCUT2D eigenvalue weighted by Crippen LogP contribution is 2.35. The van der Waals surface area contributed by atoms with Crippen molar-refractivity contribution >= 4 is 39.9 Å². The van der Waals surface area contributed by atoms with Crippen LogP contribution in [0.15, 0.2) is 62.5 Å². The Labute approximate surface area is 190 Å². The number of quaternary nitrogens is 2. The summed E-state index contributed by atoms with van der Waals surface area (Å²) in [6.07, 6.45) is 0. The average molecular weight is 461 g/mol. The summed E-state index contributed by atoms with van der Waals surface area (Å²) in [5, 5.41) is 38.3. The van der Waals surface area contributed by atoms with Crippen molar-refractivity contribution in [1.29, 1.82) is 0 Å². The van der Waals surface area contributed by atoms with Crippen LogP contribution in [0.2, 0.25) is 0 Å². The number of anilines is 2. The monoisotopic (exact) mass is 461 g/mol. The molecule has 2 aromatic heterocycles. The quantitative estimate of drug-likeness (QED) is 0.170. The van der Waals surface area contributed by atoms with Gasteiger partial charge in [-0.25, -0.2) is 4.98 Å². The number of aliphatic imine (C=N–C) groups is 1. The van der Waals surface area contributed by atoms with Crippen LogP contribution in [0.1, 0.15) is 5.56 Å². The minimum absolute atomic E-state index is 0.0265. The molecule has 34 heavy (non-hydrogen) atoms. The van der Waals surface area contributed by atoms with Crippen LogP contribution in [0.4, 0.5) is 23.0 Å². The number of rotatable bonds is 4. The Balaban J connectivity index is 1.74.